The van der Waals surface area contributed by atoms with Gasteiger partial charge in [-0.05, 0) is 43.3 Å². The molecule has 0 saturated heterocycles. The molecule has 3 heterocycles. The van der Waals surface area contributed by atoms with Crippen molar-refractivity contribution in [2.45, 2.75) is 17.0 Å². The number of nitrogens with one attached hydrogen (secondary N) is 1. The quantitative estimate of drug-likeness (QED) is 0.509. The van der Waals surface area contributed by atoms with Crippen LogP contribution in [0, 0.1) is 6.92 Å². The van der Waals surface area contributed by atoms with Crippen molar-refractivity contribution in [1.82, 2.24) is 25.0 Å². The van der Waals surface area contributed by atoms with Gasteiger partial charge in [0.1, 0.15) is 15.8 Å². The third-order valence-corrected chi connectivity index (χ3v) is 5.13. The Balaban J connectivity index is 1.52. The number of aromatic nitrogens is 5. The molecule has 0 aliphatic rings. The first-order valence-corrected chi connectivity index (χ1v) is 9.89. The lowest BCUT2D eigenvalue weighted by atomic mass is 10.2. The molecule has 1 aromatic carbocycles. The second-order valence-corrected chi connectivity index (χ2v) is 7.28. The summed E-state index contributed by atoms with van der Waals surface area (Å²) in [5.74, 6) is 0.352. The van der Waals surface area contributed by atoms with Crippen LogP contribution in [-0.4, -0.2) is 38.0 Å². The number of rotatable bonds is 6. The van der Waals surface area contributed by atoms with E-state index in [1.165, 1.54) is 11.8 Å². The first-order chi connectivity index (χ1) is 14.6. The molecular weight excluding hydrogens is 400 g/mol. The number of hydrogen-bond acceptors (Lipinski definition) is 7. The molecule has 0 bridgehead atoms. The number of anilines is 1. The molecule has 4 rings (SSSR count). The second-order valence-electron chi connectivity index (χ2n) is 6.24. The molecule has 0 fully saturated rings. The predicted octanol–water partition coefficient (Wildman–Crippen LogP) is 3.78. The van der Waals surface area contributed by atoms with Gasteiger partial charge in [0.15, 0.2) is 5.69 Å². The number of carbonyl (C=O) groups excluding carboxylic acids is 1. The van der Waals surface area contributed by atoms with Crippen LogP contribution in [0.15, 0.2) is 77.0 Å². The summed E-state index contributed by atoms with van der Waals surface area (Å²) in [5, 5.41) is 12.6. The maximum atomic E-state index is 12.8. The minimum absolute atomic E-state index is 0.244. The first-order valence-electron chi connectivity index (χ1n) is 9.07. The van der Waals surface area contributed by atoms with Crippen LogP contribution in [0.3, 0.4) is 0 Å². The molecule has 0 radical (unpaired) electrons. The van der Waals surface area contributed by atoms with Crippen molar-refractivity contribution in [3.63, 3.8) is 0 Å². The molecule has 0 aliphatic carbocycles. The molecule has 8 nitrogen and oxygen atoms in total. The van der Waals surface area contributed by atoms with E-state index in [9.17, 15) is 4.79 Å². The summed E-state index contributed by atoms with van der Waals surface area (Å²) in [4.78, 5) is 21.4. The number of benzene rings is 1. The lowest BCUT2D eigenvalue weighted by Gasteiger charge is -2.07. The molecular formula is C21H18N6O2S. The van der Waals surface area contributed by atoms with Crippen LogP contribution in [0.5, 0.6) is 5.75 Å². The SMILES string of the molecule is COc1cccc(-n2nnc(C(=O)Nc3ccnc(Sc4ccccn4)c3)c2C)c1. The Morgan fingerprint density at radius 3 is 2.70 bits per heavy atom. The number of pyridine rings is 2. The van der Waals surface area contributed by atoms with Crippen molar-refractivity contribution < 1.29 is 9.53 Å². The van der Waals surface area contributed by atoms with E-state index in [-0.39, 0.29) is 11.6 Å². The largest absolute Gasteiger partial charge is 0.497 e. The molecule has 4 aromatic rings. The van der Waals surface area contributed by atoms with Gasteiger partial charge in [-0.2, -0.15) is 0 Å². The lowest BCUT2D eigenvalue weighted by molar-refractivity contribution is 0.102. The molecule has 150 valence electrons. The van der Waals surface area contributed by atoms with E-state index in [4.69, 9.17) is 4.74 Å². The average Bonchev–Trinajstić information content (AvgIpc) is 3.16. The van der Waals surface area contributed by atoms with Gasteiger partial charge in [0.05, 0.1) is 18.5 Å². The molecule has 0 unspecified atom stereocenters. The van der Waals surface area contributed by atoms with Gasteiger partial charge in [-0.15, -0.1) is 5.10 Å². The number of methoxy groups -OCH3 is 1. The van der Waals surface area contributed by atoms with Crippen LogP contribution in [0.25, 0.3) is 5.69 Å². The van der Waals surface area contributed by atoms with E-state index in [2.05, 4.69) is 25.6 Å². The van der Waals surface area contributed by atoms with Gasteiger partial charge in [0.2, 0.25) is 0 Å². The summed E-state index contributed by atoms with van der Waals surface area (Å²) in [7, 11) is 1.60. The van der Waals surface area contributed by atoms with E-state index >= 15 is 0 Å². The Bertz CT molecular complexity index is 1180. The van der Waals surface area contributed by atoms with E-state index < -0.39 is 0 Å². The fourth-order valence-corrected chi connectivity index (χ4v) is 3.55. The monoisotopic (exact) mass is 418 g/mol. The Labute approximate surface area is 177 Å². The molecule has 1 N–H and O–H groups in total. The second kappa shape index (κ2) is 8.75. The molecule has 3 aromatic heterocycles. The average molecular weight is 418 g/mol. The normalized spacial score (nSPS) is 10.6. The number of nitrogens with zero attached hydrogens (tertiary/aromatic N) is 5. The van der Waals surface area contributed by atoms with Crippen molar-refractivity contribution in [3.05, 3.63) is 78.4 Å². The summed E-state index contributed by atoms with van der Waals surface area (Å²) >= 11 is 1.42. The van der Waals surface area contributed by atoms with Crippen LogP contribution in [-0.2, 0) is 0 Å². The zero-order valence-electron chi connectivity index (χ0n) is 16.3. The summed E-state index contributed by atoms with van der Waals surface area (Å²) in [6.07, 6.45) is 3.36. The van der Waals surface area contributed by atoms with Crippen LogP contribution < -0.4 is 10.1 Å². The van der Waals surface area contributed by atoms with Gasteiger partial charge in [-0.3, -0.25) is 4.79 Å². The maximum Gasteiger partial charge on any atom is 0.278 e. The fourth-order valence-electron chi connectivity index (χ4n) is 2.77. The van der Waals surface area contributed by atoms with E-state index in [1.807, 2.05) is 42.5 Å². The Hall–Kier alpha value is -3.72. The van der Waals surface area contributed by atoms with Gasteiger partial charge >= 0.3 is 0 Å². The van der Waals surface area contributed by atoms with Crippen molar-refractivity contribution in [3.8, 4) is 11.4 Å². The summed E-state index contributed by atoms with van der Waals surface area (Å²) < 4.78 is 6.85. The van der Waals surface area contributed by atoms with Gasteiger partial charge in [0, 0.05) is 24.1 Å². The topological polar surface area (TPSA) is 94.8 Å². The number of hydrogen-bond donors (Lipinski definition) is 1. The first kappa shape index (κ1) is 19.6. The number of ether oxygens (including phenoxy) is 1. The maximum absolute atomic E-state index is 12.8. The number of carbonyl (C=O) groups is 1. The third-order valence-electron chi connectivity index (χ3n) is 4.25. The van der Waals surface area contributed by atoms with E-state index in [0.29, 0.717) is 17.1 Å². The van der Waals surface area contributed by atoms with E-state index in [1.54, 1.807) is 43.2 Å². The van der Waals surface area contributed by atoms with Crippen LogP contribution in [0.4, 0.5) is 5.69 Å². The van der Waals surface area contributed by atoms with Crippen LogP contribution in [0.1, 0.15) is 16.2 Å². The smallest absolute Gasteiger partial charge is 0.278 e. The van der Waals surface area contributed by atoms with Gasteiger partial charge in [-0.1, -0.05) is 29.1 Å². The van der Waals surface area contributed by atoms with Gasteiger partial charge < -0.3 is 10.1 Å². The number of amides is 1. The highest BCUT2D eigenvalue weighted by Crippen LogP contribution is 2.26. The Kier molecular flexibility index (Phi) is 5.71. The van der Waals surface area contributed by atoms with Crippen molar-refractivity contribution in [2.24, 2.45) is 0 Å². The summed E-state index contributed by atoms with van der Waals surface area (Å²) in [6.45, 7) is 1.79. The molecule has 0 saturated carbocycles. The molecule has 9 heteroatoms. The highest BCUT2D eigenvalue weighted by molar-refractivity contribution is 7.99. The fraction of sp³-hybridized carbons (Fsp3) is 0.0952. The summed E-state index contributed by atoms with van der Waals surface area (Å²) in [5.41, 5.74) is 2.24. The summed E-state index contributed by atoms with van der Waals surface area (Å²) in [6, 6.07) is 16.6. The Morgan fingerprint density at radius 1 is 1.03 bits per heavy atom. The van der Waals surface area contributed by atoms with Crippen LogP contribution >= 0.6 is 11.8 Å². The predicted molar refractivity (Wildman–Crippen MR) is 113 cm³/mol. The van der Waals surface area contributed by atoms with Gasteiger partial charge in [-0.25, -0.2) is 14.6 Å². The highest BCUT2D eigenvalue weighted by atomic mass is 32.2. The lowest BCUT2D eigenvalue weighted by Crippen LogP contribution is -2.14. The van der Waals surface area contributed by atoms with Gasteiger partial charge in [0.25, 0.3) is 5.91 Å². The molecule has 1 amide bonds. The van der Waals surface area contributed by atoms with Crippen molar-refractivity contribution in [2.75, 3.05) is 12.4 Å². The molecule has 0 aliphatic heterocycles. The minimum Gasteiger partial charge on any atom is -0.497 e. The van der Waals surface area contributed by atoms with Crippen molar-refractivity contribution >= 4 is 23.4 Å². The zero-order valence-corrected chi connectivity index (χ0v) is 17.1. The Morgan fingerprint density at radius 2 is 1.90 bits per heavy atom. The van der Waals surface area contributed by atoms with Crippen LogP contribution in [0.2, 0.25) is 0 Å². The highest BCUT2D eigenvalue weighted by Gasteiger charge is 2.18. The zero-order chi connectivity index (χ0) is 20.9. The van der Waals surface area contributed by atoms with Crippen molar-refractivity contribution in [1.29, 1.82) is 0 Å². The molecule has 30 heavy (non-hydrogen) atoms. The van der Waals surface area contributed by atoms with E-state index in [0.717, 1.165) is 15.7 Å². The third kappa shape index (κ3) is 4.31. The molecule has 0 spiro atoms. The standard InChI is InChI=1S/C21H18N6O2S/c1-14-20(25-26-27(14)16-6-5-7-17(13-16)29-2)21(28)24-15-9-11-23-19(12-15)30-18-8-3-4-10-22-18/h3-13H,1-2H3,(H,23,24,28). The molecule has 0 atom stereocenters. The minimum atomic E-state index is -0.346.